The van der Waals surface area contributed by atoms with Crippen LogP contribution in [0.15, 0.2) is 0 Å². The Morgan fingerprint density at radius 1 is 0.750 bits per heavy atom. The van der Waals surface area contributed by atoms with Crippen molar-refractivity contribution >= 4 is 7.32 Å². The van der Waals surface area contributed by atoms with E-state index in [1.54, 1.807) is 0 Å². The van der Waals surface area contributed by atoms with Crippen molar-refractivity contribution < 1.29 is 292 Å². The van der Waals surface area contributed by atoms with E-state index in [1.165, 1.54) is 0 Å². The smallest absolute Gasteiger partial charge is 1.00 e. The van der Waals surface area contributed by atoms with Gasteiger partial charge in [-0.05, 0) is 0 Å². The summed E-state index contributed by atoms with van der Waals surface area (Å²) in [5.41, 5.74) is 0. The molecule has 0 aromatic carbocycles. The van der Waals surface area contributed by atoms with Crippen molar-refractivity contribution in [3.8, 4) is 0 Å². The van der Waals surface area contributed by atoms with Crippen molar-refractivity contribution in [2.75, 3.05) is 0 Å². The third-order valence-electron chi connectivity index (χ3n) is 0. The average Bonchev–Trinajstić information content (AvgIpc) is 0.811. The summed E-state index contributed by atoms with van der Waals surface area (Å²) in [4.78, 5) is 0. The fourth-order valence-electron chi connectivity index (χ4n) is 0. The maximum Gasteiger partial charge on any atom is 1.00 e. The van der Waals surface area contributed by atoms with E-state index < -0.39 is 7.32 Å². The molecular formula is HBCs4O3. The zero-order chi connectivity index (χ0) is 3.58. The van der Waals surface area contributed by atoms with E-state index in [2.05, 4.69) is 0 Å². The maximum absolute atomic E-state index is 8.42. The average molecular weight is 591 g/mol. The summed E-state index contributed by atoms with van der Waals surface area (Å²) in [6.07, 6.45) is 0. The third kappa shape index (κ3) is 36.8. The molecule has 0 fully saturated rings. The summed E-state index contributed by atoms with van der Waals surface area (Å²) in [6.45, 7) is 0. The second-order valence-electron chi connectivity index (χ2n) is 0.289. The van der Waals surface area contributed by atoms with Crippen LogP contribution in [0.2, 0.25) is 0 Å². The molecule has 8 heteroatoms. The zero-order valence-electron chi connectivity index (χ0n) is 6.80. The van der Waals surface area contributed by atoms with Gasteiger partial charge in [0.1, 0.15) is 0 Å². The van der Waals surface area contributed by atoms with Gasteiger partial charge in [0.25, 0.3) is 0 Å². The molecule has 0 unspecified atom stereocenters. The first-order valence-electron chi connectivity index (χ1n) is 0.707. The molecule has 0 aromatic rings. The predicted molar refractivity (Wildman–Crippen MR) is 6.87 cm³/mol. The Morgan fingerprint density at radius 2 is 0.750 bits per heavy atom. The molecule has 26 valence electrons. The van der Waals surface area contributed by atoms with Gasteiger partial charge in [-0.15, -0.1) is 0 Å². The molecule has 3 nitrogen and oxygen atoms in total. The molecule has 0 N–H and O–H groups in total. The van der Waals surface area contributed by atoms with Gasteiger partial charge in [-0.1, -0.05) is 0 Å². The Morgan fingerprint density at radius 3 is 0.750 bits per heavy atom. The molecule has 0 aromatic heterocycles. The van der Waals surface area contributed by atoms with E-state index in [0.717, 1.165) is 0 Å². The van der Waals surface area contributed by atoms with Crippen molar-refractivity contribution in [3.63, 3.8) is 0 Å². The van der Waals surface area contributed by atoms with E-state index in [1.807, 2.05) is 0 Å². The molecule has 0 heterocycles. The minimum absolute atomic E-state index is 0. The summed E-state index contributed by atoms with van der Waals surface area (Å²) in [7, 11) is -2.92. The second-order valence-corrected chi connectivity index (χ2v) is 0.289. The fourth-order valence-corrected chi connectivity index (χ4v) is 0. The second kappa shape index (κ2) is 24.4. The van der Waals surface area contributed by atoms with E-state index in [-0.39, 0.29) is 277 Å². The van der Waals surface area contributed by atoms with Gasteiger partial charge in [0.05, 0.1) is 0 Å². The summed E-state index contributed by atoms with van der Waals surface area (Å²) < 4.78 is 0. The van der Waals surface area contributed by atoms with Crippen LogP contribution in [0.1, 0.15) is 1.43 Å². The van der Waals surface area contributed by atoms with E-state index in [9.17, 15) is 0 Å². The molecule has 0 bridgehead atoms. The normalized spacial score (nSPS) is 3.38. The Bertz CT molecular complexity index is 20.5. The van der Waals surface area contributed by atoms with E-state index in [4.69, 9.17) is 15.1 Å². The first-order chi connectivity index (χ1) is 1.73. The van der Waals surface area contributed by atoms with Gasteiger partial charge in [0.2, 0.25) is 0 Å². The quantitative estimate of drug-likeness (QED) is 0.263. The van der Waals surface area contributed by atoms with Crippen LogP contribution in [0.4, 0.5) is 0 Å². The van der Waals surface area contributed by atoms with Crippen molar-refractivity contribution in [2.24, 2.45) is 0 Å². The molecular weight excluding hydrogens is 590 g/mol. The molecule has 0 aliphatic carbocycles. The van der Waals surface area contributed by atoms with Gasteiger partial charge < -0.3 is 16.5 Å². The van der Waals surface area contributed by atoms with Crippen molar-refractivity contribution in [1.82, 2.24) is 0 Å². The van der Waals surface area contributed by atoms with Crippen LogP contribution in [-0.4, -0.2) is 7.32 Å². The number of hydrogen-bond donors (Lipinski definition) is 0. The maximum atomic E-state index is 8.42. The summed E-state index contributed by atoms with van der Waals surface area (Å²) in [5, 5.41) is 25.2. The van der Waals surface area contributed by atoms with Crippen LogP contribution in [0.3, 0.4) is 0 Å². The van der Waals surface area contributed by atoms with Crippen LogP contribution in [0.25, 0.3) is 0 Å². The van der Waals surface area contributed by atoms with E-state index >= 15 is 0 Å². The fraction of sp³-hybridized carbons (Fsp3) is 0. The minimum atomic E-state index is -2.92. The summed E-state index contributed by atoms with van der Waals surface area (Å²) in [6, 6.07) is 0. The standard InChI is InChI=1S/BO3.4Cs.H/c2-1(3)4;;;;;/q-3;4*+1;-1. The molecule has 0 saturated heterocycles. The van der Waals surface area contributed by atoms with Crippen molar-refractivity contribution in [3.05, 3.63) is 0 Å². The monoisotopic (exact) mass is 592 g/mol. The van der Waals surface area contributed by atoms with Gasteiger partial charge in [0, 0.05) is 0 Å². The van der Waals surface area contributed by atoms with Crippen LogP contribution in [0, 0.1) is 0 Å². The number of rotatable bonds is 0. The largest absolute Gasteiger partial charge is 1.00 e. The van der Waals surface area contributed by atoms with Gasteiger partial charge in [0.15, 0.2) is 0 Å². The van der Waals surface area contributed by atoms with Gasteiger partial charge in [-0.25, -0.2) is 0 Å². The van der Waals surface area contributed by atoms with Gasteiger partial charge >= 0.3 is 276 Å². The minimum Gasteiger partial charge on any atom is -1.00 e. The van der Waals surface area contributed by atoms with Crippen LogP contribution < -0.4 is 291 Å². The molecule has 0 amide bonds. The Labute approximate surface area is 286 Å². The molecule has 0 aliphatic heterocycles. The first kappa shape index (κ1) is 29.8. The predicted octanol–water partition coefficient (Wildman–Crippen LogP) is -15.8. The molecule has 0 radical (unpaired) electrons. The molecule has 0 atom stereocenters. The Kier molecular flexibility index (Phi) is 90.9. The van der Waals surface area contributed by atoms with E-state index in [0.29, 0.717) is 0 Å². The van der Waals surface area contributed by atoms with Crippen LogP contribution in [-0.2, 0) is 0 Å². The summed E-state index contributed by atoms with van der Waals surface area (Å²) in [5.74, 6) is 0. The summed E-state index contributed by atoms with van der Waals surface area (Å²) >= 11 is 0. The first-order valence-corrected chi connectivity index (χ1v) is 0.707. The molecule has 0 rings (SSSR count). The van der Waals surface area contributed by atoms with Gasteiger partial charge in [-0.2, -0.15) is 0 Å². The number of hydrogen-bond acceptors (Lipinski definition) is 3. The molecule has 0 aliphatic rings. The zero-order valence-corrected chi connectivity index (χ0v) is 30.9. The Hall–Kier alpha value is 8.15. The Balaban J connectivity index is -0.00000000450. The molecule has 0 spiro atoms. The third-order valence-corrected chi connectivity index (χ3v) is 0. The molecule has 0 saturated carbocycles. The van der Waals surface area contributed by atoms with Crippen LogP contribution in [0.5, 0.6) is 0 Å². The van der Waals surface area contributed by atoms with Crippen molar-refractivity contribution in [1.29, 1.82) is 0 Å². The topological polar surface area (TPSA) is 69.2 Å². The van der Waals surface area contributed by atoms with Gasteiger partial charge in [-0.3, -0.25) is 7.32 Å². The SMILES string of the molecule is [Cs+].[Cs+].[Cs+].[Cs+].[H-].[O-]B([O-])[O-]. The molecule has 8 heavy (non-hydrogen) atoms. The van der Waals surface area contributed by atoms with Crippen LogP contribution >= 0.6 is 0 Å². The van der Waals surface area contributed by atoms with Crippen molar-refractivity contribution in [2.45, 2.75) is 0 Å².